The Labute approximate surface area is 112 Å². The van der Waals surface area contributed by atoms with Gasteiger partial charge in [0.05, 0.1) is 12.7 Å². The van der Waals surface area contributed by atoms with E-state index in [0.29, 0.717) is 17.9 Å². The lowest BCUT2D eigenvalue weighted by Crippen LogP contribution is -2.15. The summed E-state index contributed by atoms with van der Waals surface area (Å²) in [5, 5.41) is 9.97. The fourth-order valence-corrected chi connectivity index (χ4v) is 2.35. The highest BCUT2D eigenvalue weighted by atomic mass is 32.1. The van der Waals surface area contributed by atoms with E-state index in [4.69, 9.17) is 4.74 Å². The van der Waals surface area contributed by atoms with Crippen LogP contribution in [0.4, 0.5) is 0 Å². The van der Waals surface area contributed by atoms with E-state index >= 15 is 0 Å². The van der Waals surface area contributed by atoms with Crippen LogP contribution < -0.4 is 0 Å². The van der Waals surface area contributed by atoms with Crippen molar-refractivity contribution in [1.82, 2.24) is 4.90 Å². The molecule has 1 aromatic heterocycles. The first kappa shape index (κ1) is 15.1. The highest BCUT2D eigenvalue weighted by Crippen LogP contribution is 2.26. The third-order valence-electron chi connectivity index (χ3n) is 2.44. The Bertz CT molecular complexity index is 376. The van der Waals surface area contributed by atoms with Crippen LogP contribution in [0.1, 0.15) is 40.4 Å². The number of rotatable bonds is 7. The van der Waals surface area contributed by atoms with Crippen LogP contribution in [0.15, 0.2) is 12.1 Å². The number of aliphatic hydroxyl groups is 1. The number of hydrogen-bond acceptors (Lipinski definition) is 5. The van der Waals surface area contributed by atoms with Crippen molar-refractivity contribution < 1.29 is 14.6 Å². The van der Waals surface area contributed by atoms with Crippen molar-refractivity contribution in [2.24, 2.45) is 0 Å². The van der Waals surface area contributed by atoms with Gasteiger partial charge in [0.25, 0.3) is 0 Å². The van der Waals surface area contributed by atoms with Gasteiger partial charge >= 0.3 is 5.97 Å². The average Bonchev–Trinajstić information content (AvgIpc) is 2.82. The molecule has 18 heavy (non-hydrogen) atoms. The van der Waals surface area contributed by atoms with Crippen LogP contribution in [-0.4, -0.2) is 43.2 Å². The van der Waals surface area contributed by atoms with E-state index in [2.05, 4.69) is 0 Å². The lowest BCUT2D eigenvalue weighted by Gasteiger charge is -2.12. The van der Waals surface area contributed by atoms with E-state index in [1.165, 1.54) is 11.3 Å². The molecule has 4 nitrogen and oxygen atoms in total. The van der Waals surface area contributed by atoms with Gasteiger partial charge in [0.15, 0.2) is 0 Å². The molecule has 1 aromatic rings. The number of nitrogens with zero attached hydrogens (tertiary/aromatic N) is 1. The monoisotopic (exact) mass is 271 g/mol. The van der Waals surface area contributed by atoms with Crippen LogP contribution in [0.25, 0.3) is 0 Å². The number of carbonyl (C=O) groups excluding carboxylic acids is 1. The Balaban J connectivity index is 2.54. The maximum Gasteiger partial charge on any atom is 0.348 e. The van der Waals surface area contributed by atoms with E-state index in [0.717, 1.165) is 17.8 Å². The molecular weight excluding hydrogens is 250 g/mol. The average molecular weight is 271 g/mol. The first-order valence-corrected chi connectivity index (χ1v) is 6.96. The fourth-order valence-electron chi connectivity index (χ4n) is 1.43. The fraction of sp³-hybridized carbons (Fsp3) is 0.615. The molecule has 102 valence electrons. The van der Waals surface area contributed by atoms with Gasteiger partial charge in [-0.3, -0.25) is 0 Å². The predicted octanol–water partition coefficient (Wildman–Crippen LogP) is 2.30. The van der Waals surface area contributed by atoms with E-state index in [9.17, 15) is 9.90 Å². The molecule has 0 saturated carbocycles. The van der Waals surface area contributed by atoms with Crippen LogP contribution in [0, 0.1) is 0 Å². The van der Waals surface area contributed by atoms with Gasteiger partial charge in [0, 0.05) is 11.4 Å². The molecule has 0 bridgehead atoms. The second-order valence-corrected chi connectivity index (χ2v) is 5.56. The Morgan fingerprint density at radius 1 is 1.50 bits per heavy atom. The van der Waals surface area contributed by atoms with Crippen molar-refractivity contribution in [3.63, 3.8) is 0 Å². The van der Waals surface area contributed by atoms with Crippen molar-refractivity contribution in [3.05, 3.63) is 21.9 Å². The minimum atomic E-state index is -0.509. The zero-order valence-electron chi connectivity index (χ0n) is 11.2. The highest BCUT2D eigenvalue weighted by Gasteiger charge is 2.15. The molecule has 0 amide bonds. The summed E-state index contributed by atoms with van der Waals surface area (Å²) in [5.74, 6) is -0.298. The Kier molecular flexibility index (Phi) is 6.32. The molecule has 0 spiro atoms. The molecule has 1 rings (SSSR count). The summed E-state index contributed by atoms with van der Waals surface area (Å²) < 4.78 is 5.05. The van der Waals surface area contributed by atoms with E-state index in [1.54, 1.807) is 12.1 Å². The zero-order valence-corrected chi connectivity index (χ0v) is 12.0. The van der Waals surface area contributed by atoms with Gasteiger partial charge in [-0.1, -0.05) is 6.92 Å². The number of ether oxygens (including phenoxy) is 1. The number of thiophene rings is 1. The zero-order chi connectivity index (χ0) is 13.5. The van der Waals surface area contributed by atoms with Gasteiger partial charge in [0.1, 0.15) is 4.88 Å². The topological polar surface area (TPSA) is 49.8 Å². The molecule has 0 aromatic carbocycles. The van der Waals surface area contributed by atoms with Crippen molar-refractivity contribution in [2.45, 2.75) is 25.9 Å². The third-order valence-corrected chi connectivity index (χ3v) is 3.61. The molecule has 1 heterocycles. The first-order chi connectivity index (χ1) is 8.54. The quantitative estimate of drug-likeness (QED) is 0.773. The molecule has 0 saturated heterocycles. The molecule has 0 aliphatic carbocycles. The predicted molar refractivity (Wildman–Crippen MR) is 73.0 cm³/mol. The van der Waals surface area contributed by atoms with Crippen molar-refractivity contribution in [2.75, 3.05) is 27.2 Å². The summed E-state index contributed by atoms with van der Waals surface area (Å²) in [6.07, 6.45) is 0.969. The molecule has 0 fully saturated rings. The summed E-state index contributed by atoms with van der Waals surface area (Å²) in [7, 11) is 3.93. The Morgan fingerprint density at radius 3 is 2.83 bits per heavy atom. The number of carbonyl (C=O) groups is 1. The number of hydrogen-bond donors (Lipinski definition) is 1. The standard InChI is InChI=1S/C13H21NO3S/c1-4-9-17-13(16)12-6-5-11(18-12)10(15)7-8-14(2)3/h5-6,10,15H,4,7-9H2,1-3H3. The second kappa shape index (κ2) is 7.51. The van der Waals surface area contributed by atoms with Crippen LogP contribution in [0.3, 0.4) is 0 Å². The minimum absolute atomic E-state index is 0.298. The molecule has 0 aliphatic heterocycles. The SMILES string of the molecule is CCCOC(=O)c1ccc(C(O)CCN(C)C)s1. The molecule has 5 heteroatoms. The van der Waals surface area contributed by atoms with Gasteiger partial charge in [-0.25, -0.2) is 4.79 Å². The molecule has 0 aliphatic rings. The lowest BCUT2D eigenvalue weighted by atomic mass is 10.2. The second-order valence-electron chi connectivity index (χ2n) is 4.45. The molecule has 1 atom stereocenters. The summed E-state index contributed by atoms with van der Waals surface area (Å²) in [6, 6.07) is 3.52. The lowest BCUT2D eigenvalue weighted by molar-refractivity contribution is 0.0511. The van der Waals surface area contributed by atoms with Gasteiger partial charge in [-0.15, -0.1) is 11.3 Å². The number of aliphatic hydroxyl groups excluding tert-OH is 1. The molecule has 1 unspecified atom stereocenters. The minimum Gasteiger partial charge on any atom is -0.462 e. The molecule has 1 N–H and O–H groups in total. The van der Waals surface area contributed by atoms with Gasteiger partial charge in [-0.2, -0.15) is 0 Å². The summed E-state index contributed by atoms with van der Waals surface area (Å²) >= 11 is 1.31. The number of esters is 1. The normalized spacial score (nSPS) is 12.7. The Morgan fingerprint density at radius 2 is 2.22 bits per heavy atom. The van der Waals surface area contributed by atoms with Crippen molar-refractivity contribution >= 4 is 17.3 Å². The van der Waals surface area contributed by atoms with E-state index in [1.807, 2.05) is 25.9 Å². The van der Waals surface area contributed by atoms with Crippen LogP contribution in [-0.2, 0) is 4.74 Å². The molecular formula is C13H21NO3S. The highest BCUT2D eigenvalue weighted by molar-refractivity contribution is 7.14. The summed E-state index contributed by atoms with van der Waals surface area (Å²) in [6.45, 7) is 3.21. The summed E-state index contributed by atoms with van der Waals surface area (Å²) in [4.78, 5) is 15.0. The summed E-state index contributed by atoms with van der Waals surface area (Å²) in [5.41, 5.74) is 0. The van der Waals surface area contributed by atoms with Crippen LogP contribution in [0.2, 0.25) is 0 Å². The Hall–Kier alpha value is -0.910. The van der Waals surface area contributed by atoms with Gasteiger partial charge in [0.2, 0.25) is 0 Å². The first-order valence-electron chi connectivity index (χ1n) is 6.14. The van der Waals surface area contributed by atoms with Crippen LogP contribution in [0.5, 0.6) is 0 Å². The largest absolute Gasteiger partial charge is 0.462 e. The maximum absolute atomic E-state index is 11.6. The van der Waals surface area contributed by atoms with Gasteiger partial charge in [-0.05, 0) is 39.1 Å². The van der Waals surface area contributed by atoms with Crippen LogP contribution >= 0.6 is 11.3 Å². The van der Waals surface area contributed by atoms with Crippen molar-refractivity contribution in [1.29, 1.82) is 0 Å². The van der Waals surface area contributed by atoms with E-state index in [-0.39, 0.29) is 5.97 Å². The smallest absolute Gasteiger partial charge is 0.348 e. The maximum atomic E-state index is 11.6. The van der Waals surface area contributed by atoms with E-state index < -0.39 is 6.10 Å². The molecule has 0 radical (unpaired) electrons. The van der Waals surface area contributed by atoms with Crippen molar-refractivity contribution in [3.8, 4) is 0 Å². The third kappa shape index (κ3) is 4.76. The van der Waals surface area contributed by atoms with Gasteiger partial charge < -0.3 is 14.7 Å².